The number of para-hydroxylation sites is 2. The Bertz CT molecular complexity index is 3390. The van der Waals surface area contributed by atoms with Crippen LogP contribution in [0.4, 0.5) is 0 Å². The Morgan fingerprint density at radius 3 is 1.53 bits per heavy atom. The molecule has 0 saturated heterocycles. The SMILES string of the molecule is c1ccc(-c2cc3c(-c4c5ccccc5c(-c5ccc6ccc7c8ccccc8oc7c6c5)c5ccccc45)c4oc5ccccc5c4cc3o2)cc1. The number of benzene rings is 9. The van der Waals surface area contributed by atoms with Gasteiger partial charge in [-0.25, -0.2) is 0 Å². The molecule has 3 nitrogen and oxygen atoms in total. The fourth-order valence-corrected chi connectivity index (χ4v) is 8.71. The molecule has 0 aliphatic heterocycles. The smallest absolute Gasteiger partial charge is 0.144 e. The predicted octanol–water partition coefficient (Wildman–Crippen LogP) is 14.7. The molecule has 246 valence electrons. The van der Waals surface area contributed by atoms with Gasteiger partial charge in [0.15, 0.2) is 0 Å². The highest BCUT2D eigenvalue weighted by molar-refractivity contribution is 6.28. The molecule has 0 N–H and O–H groups in total. The van der Waals surface area contributed by atoms with E-state index in [0.717, 1.165) is 104 Å². The monoisotopic (exact) mass is 676 g/mol. The molecule has 3 aromatic heterocycles. The summed E-state index contributed by atoms with van der Waals surface area (Å²) in [6.45, 7) is 0. The average molecular weight is 677 g/mol. The molecule has 12 rings (SSSR count). The minimum atomic E-state index is 0.831. The molecule has 3 heterocycles. The Labute approximate surface area is 302 Å². The molecule has 0 bridgehead atoms. The first-order valence-corrected chi connectivity index (χ1v) is 18.0. The van der Waals surface area contributed by atoms with Gasteiger partial charge in [0.2, 0.25) is 0 Å². The largest absolute Gasteiger partial charge is 0.456 e. The summed E-state index contributed by atoms with van der Waals surface area (Å²) in [6, 6.07) is 60.0. The molecule has 0 aliphatic carbocycles. The third kappa shape index (κ3) is 4.05. The van der Waals surface area contributed by atoms with Crippen LogP contribution >= 0.6 is 0 Å². The van der Waals surface area contributed by atoms with E-state index in [4.69, 9.17) is 13.3 Å². The van der Waals surface area contributed by atoms with E-state index >= 15 is 0 Å². The van der Waals surface area contributed by atoms with Crippen molar-refractivity contribution in [2.75, 3.05) is 0 Å². The van der Waals surface area contributed by atoms with E-state index in [9.17, 15) is 0 Å². The molecule has 0 saturated carbocycles. The summed E-state index contributed by atoms with van der Waals surface area (Å²) in [5.41, 5.74) is 9.93. The van der Waals surface area contributed by atoms with Crippen LogP contribution in [0.2, 0.25) is 0 Å². The van der Waals surface area contributed by atoms with Crippen molar-refractivity contribution in [1.82, 2.24) is 0 Å². The van der Waals surface area contributed by atoms with E-state index < -0.39 is 0 Å². The van der Waals surface area contributed by atoms with Crippen LogP contribution in [0.25, 0.3) is 121 Å². The first-order chi connectivity index (χ1) is 26.3. The van der Waals surface area contributed by atoms with Gasteiger partial charge >= 0.3 is 0 Å². The van der Waals surface area contributed by atoms with Crippen molar-refractivity contribution in [3.8, 4) is 33.6 Å². The fourth-order valence-electron chi connectivity index (χ4n) is 8.71. The highest BCUT2D eigenvalue weighted by Gasteiger charge is 2.25. The number of furan rings is 3. The van der Waals surface area contributed by atoms with Crippen LogP contribution in [0.3, 0.4) is 0 Å². The second-order valence-electron chi connectivity index (χ2n) is 13.9. The lowest BCUT2D eigenvalue weighted by Gasteiger charge is -2.18. The van der Waals surface area contributed by atoms with Gasteiger partial charge in [-0.3, -0.25) is 0 Å². The first kappa shape index (κ1) is 28.6. The van der Waals surface area contributed by atoms with Crippen LogP contribution in [-0.4, -0.2) is 0 Å². The number of fused-ring (bicyclic) bond motifs is 11. The molecule has 12 aromatic rings. The van der Waals surface area contributed by atoms with Gasteiger partial charge in [0, 0.05) is 49.0 Å². The zero-order valence-electron chi connectivity index (χ0n) is 28.4. The molecular formula is C50H28O3. The summed E-state index contributed by atoms with van der Waals surface area (Å²) < 4.78 is 20.1. The van der Waals surface area contributed by atoms with Gasteiger partial charge in [-0.1, -0.05) is 133 Å². The predicted molar refractivity (Wildman–Crippen MR) is 220 cm³/mol. The molecule has 9 aromatic carbocycles. The highest BCUT2D eigenvalue weighted by atomic mass is 16.3. The maximum absolute atomic E-state index is 6.84. The minimum Gasteiger partial charge on any atom is -0.456 e. The lowest BCUT2D eigenvalue weighted by Crippen LogP contribution is -1.92. The third-order valence-corrected chi connectivity index (χ3v) is 11.1. The van der Waals surface area contributed by atoms with Crippen molar-refractivity contribution >= 4 is 87.2 Å². The molecule has 3 heteroatoms. The van der Waals surface area contributed by atoms with Crippen LogP contribution in [0.1, 0.15) is 0 Å². The highest BCUT2D eigenvalue weighted by Crippen LogP contribution is 2.50. The first-order valence-electron chi connectivity index (χ1n) is 18.0. The molecule has 0 radical (unpaired) electrons. The van der Waals surface area contributed by atoms with E-state index in [1.165, 1.54) is 16.3 Å². The van der Waals surface area contributed by atoms with Crippen molar-refractivity contribution in [3.05, 3.63) is 170 Å². The molecule has 0 atom stereocenters. The van der Waals surface area contributed by atoms with E-state index in [-0.39, 0.29) is 0 Å². The molecular weight excluding hydrogens is 649 g/mol. The summed E-state index contributed by atoms with van der Waals surface area (Å²) in [7, 11) is 0. The Balaban J connectivity index is 1.21. The van der Waals surface area contributed by atoms with E-state index in [1.807, 2.05) is 30.3 Å². The van der Waals surface area contributed by atoms with Crippen LogP contribution in [0.15, 0.2) is 183 Å². The number of hydrogen-bond acceptors (Lipinski definition) is 3. The van der Waals surface area contributed by atoms with Crippen LogP contribution in [0, 0.1) is 0 Å². The molecule has 0 fully saturated rings. The molecule has 53 heavy (non-hydrogen) atoms. The number of hydrogen-bond donors (Lipinski definition) is 0. The molecule has 0 spiro atoms. The van der Waals surface area contributed by atoms with Gasteiger partial charge in [0.05, 0.1) is 0 Å². The van der Waals surface area contributed by atoms with E-state index in [2.05, 4.69) is 140 Å². The quantitative estimate of drug-likeness (QED) is 0.175. The summed E-state index contributed by atoms with van der Waals surface area (Å²) in [6.07, 6.45) is 0. The van der Waals surface area contributed by atoms with Gasteiger partial charge in [-0.05, 0) is 74.5 Å². The Kier molecular flexibility index (Phi) is 5.77. The van der Waals surface area contributed by atoms with Gasteiger partial charge in [0.25, 0.3) is 0 Å². The maximum atomic E-state index is 6.84. The summed E-state index contributed by atoms with van der Waals surface area (Å²) in [5.74, 6) is 0.831. The van der Waals surface area contributed by atoms with Crippen LogP contribution in [-0.2, 0) is 0 Å². The Morgan fingerprint density at radius 2 is 0.830 bits per heavy atom. The zero-order valence-corrected chi connectivity index (χ0v) is 28.4. The van der Waals surface area contributed by atoms with Gasteiger partial charge in [-0.2, -0.15) is 0 Å². The normalized spacial score (nSPS) is 12.2. The van der Waals surface area contributed by atoms with E-state index in [1.54, 1.807) is 0 Å². The summed E-state index contributed by atoms with van der Waals surface area (Å²) >= 11 is 0. The maximum Gasteiger partial charge on any atom is 0.144 e. The standard InChI is InChI=1S/C50H28O3/c1-2-12-30(13-3-1)44-28-41-45(51-44)27-40-33-15-9-11-21-43(33)53-50(40)48(41)47-36-18-6-4-16-34(36)46(35-17-5-7-19-37(35)47)31-23-22-29-24-25-38-32-14-8-10-20-42(32)52-49(38)39(29)26-31/h1-28H. The van der Waals surface area contributed by atoms with Crippen LogP contribution in [0.5, 0.6) is 0 Å². The van der Waals surface area contributed by atoms with Gasteiger partial charge < -0.3 is 13.3 Å². The van der Waals surface area contributed by atoms with E-state index in [0.29, 0.717) is 0 Å². The van der Waals surface area contributed by atoms with Crippen molar-refractivity contribution in [3.63, 3.8) is 0 Å². The third-order valence-electron chi connectivity index (χ3n) is 11.1. The van der Waals surface area contributed by atoms with Gasteiger partial charge in [-0.15, -0.1) is 0 Å². The van der Waals surface area contributed by atoms with Crippen molar-refractivity contribution < 1.29 is 13.3 Å². The molecule has 0 aliphatic rings. The van der Waals surface area contributed by atoms with Gasteiger partial charge in [0.1, 0.15) is 33.7 Å². The van der Waals surface area contributed by atoms with Crippen LogP contribution < -0.4 is 0 Å². The summed E-state index contributed by atoms with van der Waals surface area (Å²) in [5, 5.41) is 12.3. The lowest BCUT2D eigenvalue weighted by atomic mass is 9.84. The topological polar surface area (TPSA) is 39.4 Å². The fraction of sp³-hybridized carbons (Fsp3) is 0. The second kappa shape index (κ2) is 10.7. The molecule has 0 amide bonds. The summed E-state index contributed by atoms with van der Waals surface area (Å²) in [4.78, 5) is 0. The Morgan fingerprint density at radius 1 is 0.264 bits per heavy atom. The lowest BCUT2D eigenvalue weighted by molar-refractivity contribution is 0.631. The zero-order chi connectivity index (χ0) is 34.6. The molecule has 0 unspecified atom stereocenters. The minimum absolute atomic E-state index is 0.831. The van der Waals surface area contributed by atoms with Crippen molar-refractivity contribution in [2.45, 2.75) is 0 Å². The Hall–Kier alpha value is -7.10. The average Bonchev–Trinajstić information content (AvgIpc) is 3.93. The second-order valence-corrected chi connectivity index (χ2v) is 13.9. The van der Waals surface area contributed by atoms with Crippen molar-refractivity contribution in [1.29, 1.82) is 0 Å². The van der Waals surface area contributed by atoms with Crippen molar-refractivity contribution in [2.24, 2.45) is 0 Å². The number of rotatable bonds is 3.